The lowest BCUT2D eigenvalue weighted by molar-refractivity contribution is -0.140. The molecule has 1 unspecified atom stereocenters. The molecule has 9 heteroatoms. The van der Waals surface area contributed by atoms with Crippen LogP contribution < -0.4 is 16.4 Å². The van der Waals surface area contributed by atoms with Gasteiger partial charge in [0.1, 0.15) is 6.04 Å². The van der Waals surface area contributed by atoms with Crippen LogP contribution in [0.5, 0.6) is 0 Å². The molecule has 0 saturated carbocycles. The van der Waals surface area contributed by atoms with Gasteiger partial charge in [0.25, 0.3) is 0 Å². The number of nitrogens with zero attached hydrogens (tertiary/aromatic N) is 1. The molecule has 0 aliphatic heterocycles. The van der Waals surface area contributed by atoms with E-state index in [0.717, 1.165) is 9.88 Å². The fourth-order valence-corrected chi connectivity index (χ4v) is 2.00. The Morgan fingerprint density at radius 3 is 2.68 bits per heavy atom. The number of carboxylic acid groups (broad SMARTS) is 1. The van der Waals surface area contributed by atoms with Gasteiger partial charge in [-0.25, -0.2) is 14.6 Å². The molecule has 3 amide bonds. The second kappa shape index (κ2) is 6.69. The molecule has 0 aliphatic rings. The van der Waals surface area contributed by atoms with E-state index in [4.69, 9.17) is 10.8 Å². The van der Waals surface area contributed by atoms with Crippen molar-refractivity contribution >= 4 is 29.2 Å². The van der Waals surface area contributed by atoms with Gasteiger partial charge in [0.05, 0.1) is 18.0 Å². The number of nitrogens with one attached hydrogen (secondary N) is 2. The Labute approximate surface area is 113 Å². The van der Waals surface area contributed by atoms with Crippen LogP contribution in [0.3, 0.4) is 0 Å². The predicted octanol–water partition coefficient (Wildman–Crippen LogP) is -0.421. The molecule has 5 N–H and O–H groups in total. The number of aliphatic carboxylic acids is 1. The normalized spacial score (nSPS) is 11.6. The second-order valence-electron chi connectivity index (χ2n) is 3.73. The van der Waals surface area contributed by atoms with Crippen molar-refractivity contribution in [3.05, 3.63) is 16.1 Å². The quantitative estimate of drug-likeness (QED) is 0.563. The molecule has 0 aromatic carbocycles. The first-order valence-electron chi connectivity index (χ1n) is 5.35. The fourth-order valence-electron chi connectivity index (χ4n) is 1.26. The molecular formula is C10H14N4O4S. The van der Waals surface area contributed by atoms with Gasteiger partial charge >= 0.3 is 12.0 Å². The number of carboxylic acids is 1. The van der Waals surface area contributed by atoms with Gasteiger partial charge in [-0.2, -0.15) is 0 Å². The molecule has 19 heavy (non-hydrogen) atoms. The Kier molecular flexibility index (Phi) is 5.24. The van der Waals surface area contributed by atoms with Gasteiger partial charge in [-0.05, 0) is 6.92 Å². The third-order valence-corrected chi connectivity index (χ3v) is 3.01. The van der Waals surface area contributed by atoms with Crippen LogP contribution in [-0.2, 0) is 16.1 Å². The summed E-state index contributed by atoms with van der Waals surface area (Å²) in [4.78, 5) is 37.8. The van der Waals surface area contributed by atoms with Crippen molar-refractivity contribution in [3.8, 4) is 0 Å². The van der Waals surface area contributed by atoms with E-state index in [1.807, 2.05) is 6.92 Å². The van der Waals surface area contributed by atoms with Gasteiger partial charge in [-0.3, -0.25) is 4.79 Å². The lowest BCUT2D eigenvalue weighted by Gasteiger charge is -2.13. The summed E-state index contributed by atoms with van der Waals surface area (Å²) in [5.41, 5.74) is 4.89. The third kappa shape index (κ3) is 5.34. The molecule has 0 spiro atoms. The van der Waals surface area contributed by atoms with Crippen molar-refractivity contribution in [2.45, 2.75) is 25.9 Å². The number of nitrogens with two attached hydrogens (primary N) is 1. The van der Waals surface area contributed by atoms with E-state index in [1.165, 1.54) is 11.3 Å². The maximum Gasteiger partial charge on any atom is 0.326 e. The summed E-state index contributed by atoms with van der Waals surface area (Å²) in [6.45, 7) is 2.07. The summed E-state index contributed by atoms with van der Waals surface area (Å²) < 4.78 is 0. The number of urea groups is 1. The molecule has 8 nitrogen and oxygen atoms in total. The lowest BCUT2D eigenvalue weighted by Crippen LogP contribution is -2.47. The highest BCUT2D eigenvalue weighted by molar-refractivity contribution is 7.11. The molecule has 0 bridgehead atoms. The maximum atomic E-state index is 11.5. The van der Waals surface area contributed by atoms with Crippen LogP contribution in [0.4, 0.5) is 4.79 Å². The first kappa shape index (κ1) is 14.9. The molecule has 0 aliphatic carbocycles. The number of hydrogen-bond donors (Lipinski definition) is 4. The molecule has 1 rings (SSSR count). The number of carbonyl (C=O) groups is 3. The summed E-state index contributed by atoms with van der Waals surface area (Å²) in [6.07, 6.45) is 1.17. The van der Waals surface area contributed by atoms with Gasteiger partial charge in [0.15, 0.2) is 0 Å². The SMILES string of the molecule is Cc1ncc(CNC(=O)NC(CC(N)=O)C(=O)O)s1. The van der Waals surface area contributed by atoms with Crippen molar-refractivity contribution in [2.24, 2.45) is 5.73 Å². The summed E-state index contributed by atoms with van der Waals surface area (Å²) in [5.74, 6) is -2.12. The number of hydrogen-bond acceptors (Lipinski definition) is 5. The van der Waals surface area contributed by atoms with Crippen LogP contribution in [-0.4, -0.2) is 34.0 Å². The Bertz CT molecular complexity index is 488. The highest BCUT2D eigenvalue weighted by Crippen LogP contribution is 2.10. The maximum absolute atomic E-state index is 11.5. The van der Waals surface area contributed by atoms with Crippen LogP contribution >= 0.6 is 11.3 Å². The van der Waals surface area contributed by atoms with E-state index >= 15 is 0 Å². The number of aryl methyl sites for hydroxylation is 1. The van der Waals surface area contributed by atoms with Crippen molar-refractivity contribution in [1.29, 1.82) is 0 Å². The standard InChI is InChI=1S/C10H14N4O4S/c1-5-12-3-6(19-5)4-13-10(18)14-7(9(16)17)2-8(11)15/h3,7H,2,4H2,1H3,(H2,11,15)(H,16,17)(H2,13,14,18). The monoisotopic (exact) mass is 286 g/mol. The van der Waals surface area contributed by atoms with Gasteiger partial charge in [0.2, 0.25) is 5.91 Å². The van der Waals surface area contributed by atoms with Crippen molar-refractivity contribution in [2.75, 3.05) is 0 Å². The molecule has 0 fully saturated rings. The summed E-state index contributed by atoms with van der Waals surface area (Å²) in [6, 6.07) is -2.01. The van der Waals surface area contributed by atoms with Gasteiger partial charge in [-0.1, -0.05) is 0 Å². The average Bonchev–Trinajstić information content (AvgIpc) is 2.71. The number of thiazole rings is 1. The first-order valence-corrected chi connectivity index (χ1v) is 6.17. The van der Waals surface area contributed by atoms with Crippen LogP contribution in [0.25, 0.3) is 0 Å². The topological polar surface area (TPSA) is 134 Å². The Balaban J connectivity index is 2.44. The minimum absolute atomic E-state index is 0.236. The zero-order valence-corrected chi connectivity index (χ0v) is 11.0. The molecular weight excluding hydrogens is 272 g/mol. The van der Waals surface area contributed by atoms with Crippen molar-refractivity contribution in [1.82, 2.24) is 15.6 Å². The van der Waals surface area contributed by atoms with Crippen molar-refractivity contribution in [3.63, 3.8) is 0 Å². The average molecular weight is 286 g/mol. The molecule has 0 radical (unpaired) electrons. The Hall–Kier alpha value is -2.16. The number of rotatable bonds is 6. The van der Waals surface area contributed by atoms with E-state index in [2.05, 4.69) is 15.6 Å². The summed E-state index contributed by atoms with van der Waals surface area (Å²) in [5, 5.41) is 14.3. The minimum Gasteiger partial charge on any atom is -0.480 e. The van der Waals surface area contributed by atoms with Crippen LogP contribution in [0, 0.1) is 6.92 Å². The van der Waals surface area contributed by atoms with Crippen LogP contribution in [0.1, 0.15) is 16.3 Å². The number of aromatic nitrogens is 1. The largest absolute Gasteiger partial charge is 0.480 e. The van der Waals surface area contributed by atoms with E-state index in [1.54, 1.807) is 6.20 Å². The highest BCUT2D eigenvalue weighted by Gasteiger charge is 2.21. The fraction of sp³-hybridized carbons (Fsp3) is 0.400. The van der Waals surface area contributed by atoms with E-state index < -0.39 is 30.4 Å². The number of carbonyl (C=O) groups excluding carboxylic acids is 2. The smallest absolute Gasteiger partial charge is 0.326 e. The third-order valence-electron chi connectivity index (χ3n) is 2.10. The molecule has 1 aromatic heterocycles. The Morgan fingerprint density at radius 1 is 1.53 bits per heavy atom. The molecule has 0 saturated heterocycles. The van der Waals surface area contributed by atoms with Crippen LogP contribution in [0.2, 0.25) is 0 Å². The molecule has 1 heterocycles. The number of primary amides is 1. The molecule has 1 atom stereocenters. The number of amides is 3. The summed E-state index contributed by atoms with van der Waals surface area (Å²) >= 11 is 1.42. The summed E-state index contributed by atoms with van der Waals surface area (Å²) in [7, 11) is 0. The van der Waals surface area contributed by atoms with E-state index in [0.29, 0.717) is 0 Å². The van der Waals surface area contributed by atoms with Gasteiger partial charge in [0, 0.05) is 11.1 Å². The predicted molar refractivity (Wildman–Crippen MR) is 67.5 cm³/mol. The zero-order chi connectivity index (χ0) is 14.4. The second-order valence-corrected chi connectivity index (χ2v) is 5.05. The van der Waals surface area contributed by atoms with E-state index in [9.17, 15) is 14.4 Å². The lowest BCUT2D eigenvalue weighted by atomic mass is 10.2. The zero-order valence-electron chi connectivity index (χ0n) is 10.2. The molecule has 104 valence electrons. The van der Waals surface area contributed by atoms with Gasteiger partial charge in [-0.15, -0.1) is 11.3 Å². The first-order chi connectivity index (χ1) is 8.88. The highest BCUT2D eigenvalue weighted by atomic mass is 32.1. The minimum atomic E-state index is -1.33. The van der Waals surface area contributed by atoms with E-state index in [-0.39, 0.29) is 6.54 Å². The van der Waals surface area contributed by atoms with Crippen molar-refractivity contribution < 1.29 is 19.5 Å². The Morgan fingerprint density at radius 2 is 2.21 bits per heavy atom. The van der Waals surface area contributed by atoms with Gasteiger partial charge < -0.3 is 21.5 Å². The molecule has 1 aromatic rings. The van der Waals surface area contributed by atoms with Crippen LogP contribution in [0.15, 0.2) is 6.20 Å².